The van der Waals surface area contributed by atoms with Crippen molar-refractivity contribution in [2.75, 3.05) is 0 Å². The molecule has 0 radical (unpaired) electrons. The lowest BCUT2D eigenvalue weighted by atomic mass is 10.0. The molecule has 0 fully saturated rings. The predicted molar refractivity (Wildman–Crippen MR) is 68.3 cm³/mol. The minimum Gasteiger partial charge on any atom is -0.233 e. The molecule has 1 aliphatic carbocycles. The van der Waals surface area contributed by atoms with Gasteiger partial charge in [-0.15, -0.1) is 0 Å². The van der Waals surface area contributed by atoms with Gasteiger partial charge >= 0.3 is 0 Å². The van der Waals surface area contributed by atoms with Gasteiger partial charge in [0.05, 0.1) is 15.7 Å². The second-order valence-corrected chi connectivity index (χ2v) is 4.17. The molecule has 3 rings (SSSR count). The first-order valence-corrected chi connectivity index (χ1v) is 5.59. The Hall–Kier alpha value is -2.95. The fourth-order valence-corrected chi connectivity index (χ4v) is 2.39. The van der Waals surface area contributed by atoms with Crippen LogP contribution in [0.3, 0.4) is 0 Å². The normalized spacial score (nSPS) is 10.5. The minimum absolute atomic E-state index is 0.0391. The smallest absolute Gasteiger partial charge is 0.135 e. The van der Waals surface area contributed by atoms with Crippen molar-refractivity contribution in [1.82, 2.24) is 0 Å². The molecule has 0 heterocycles. The fraction of sp³-hybridized carbons (Fsp3) is 0. The van der Waals surface area contributed by atoms with Gasteiger partial charge in [-0.25, -0.2) is 14.4 Å². The van der Waals surface area contributed by atoms with Gasteiger partial charge < -0.3 is 0 Å². The monoisotopic (exact) mass is 246 g/mol. The number of benzene rings is 2. The van der Waals surface area contributed by atoms with E-state index in [0.717, 1.165) is 16.7 Å². The van der Waals surface area contributed by atoms with E-state index >= 15 is 0 Å². The van der Waals surface area contributed by atoms with Gasteiger partial charge in [-0.05, 0) is 28.8 Å². The maximum atomic E-state index is 11.1. The molecule has 0 aromatic heterocycles. The second kappa shape index (κ2) is 4.06. The van der Waals surface area contributed by atoms with Crippen LogP contribution in [0.25, 0.3) is 17.2 Å². The van der Waals surface area contributed by atoms with Crippen molar-refractivity contribution in [2.24, 2.45) is 0 Å². The van der Waals surface area contributed by atoms with Crippen LogP contribution in [0.5, 0.6) is 0 Å². The molecular formula is C16H6O3. The predicted octanol–water partition coefficient (Wildman–Crippen LogP) is -1.99. The molecule has 0 saturated carbocycles. The molecule has 2 aromatic rings. The Kier molecular flexibility index (Phi) is 2.38. The second-order valence-electron chi connectivity index (χ2n) is 4.17. The topological polar surface area (TPSA) is 51.2 Å². The highest BCUT2D eigenvalue weighted by atomic mass is 16.1. The van der Waals surface area contributed by atoms with E-state index in [1.165, 1.54) is 0 Å². The van der Waals surface area contributed by atoms with E-state index in [4.69, 9.17) is 0 Å². The van der Waals surface area contributed by atoms with E-state index in [-0.39, 0.29) is 15.7 Å². The lowest BCUT2D eigenvalue weighted by Gasteiger charge is -1.99. The summed E-state index contributed by atoms with van der Waals surface area (Å²) in [6.07, 6.45) is 1.81. The minimum atomic E-state index is -0.0761. The lowest BCUT2D eigenvalue weighted by molar-refractivity contribution is 0.562. The van der Waals surface area contributed by atoms with Crippen LogP contribution in [0.4, 0.5) is 0 Å². The molecule has 3 nitrogen and oxygen atoms in total. The molecule has 0 saturated heterocycles. The highest BCUT2D eigenvalue weighted by Crippen LogP contribution is 2.23. The zero-order valence-corrected chi connectivity index (χ0v) is 9.69. The summed E-state index contributed by atoms with van der Waals surface area (Å²) < 4.78 is 0. The summed E-state index contributed by atoms with van der Waals surface area (Å²) in [5.41, 5.74) is 2.60. The summed E-state index contributed by atoms with van der Waals surface area (Å²) in [7, 11) is 0. The lowest BCUT2D eigenvalue weighted by Crippen LogP contribution is -2.50. The Bertz CT molecular complexity index is 1010. The van der Waals surface area contributed by atoms with Crippen molar-refractivity contribution >= 4 is 23.9 Å². The molecule has 0 N–H and O–H groups in total. The molecule has 88 valence electrons. The van der Waals surface area contributed by atoms with Crippen molar-refractivity contribution in [3.8, 4) is 11.1 Å². The van der Waals surface area contributed by atoms with E-state index in [2.05, 4.69) is 0 Å². The molecule has 0 bridgehead atoms. The van der Waals surface area contributed by atoms with Crippen LogP contribution in [-0.4, -0.2) is 17.8 Å². The summed E-state index contributed by atoms with van der Waals surface area (Å²) in [6.45, 7) is 0. The summed E-state index contributed by atoms with van der Waals surface area (Å²) >= 11 is 0. The van der Waals surface area contributed by atoms with Crippen LogP contribution in [-0.2, 0) is 14.4 Å². The summed E-state index contributed by atoms with van der Waals surface area (Å²) in [5, 5.41) is 0.639. The maximum absolute atomic E-state index is 11.1. The Morgan fingerprint density at radius 1 is 0.789 bits per heavy atom. The molecule has 0 unspecified atom stereocenters. The first-order chi connectivity index (χ1) is 9.30. The average molecular weight is 246 g/mol. The quantitative estimate of drug-likeness (QED) is 0.461. The zero-order chi connectivity index (χ0) is 13.4. The Labute approximate surface area is 107 Å². The molecule has 1 aliphatic rings. The molecule has 2 aromatic carbocycles. The fourth-order valence-electron chi connectivity index (χ4n) is 2.39. The average Bonchev–Trinajstić information content (AvgIpc) is 2.83. The number of hydrogen-bond acceptors (Lipinski definition) is 3. The first kappa shape index (κ1) is 11.2. The largest absolute Gasteiger partial charge is 0.233 e. The first-order valence-electron chi connectivity index (χ1n) is 5.59. The highest BCUT2D eigenvalue weighted by Gasteiger charge is 2.13. The van der Waals surface area contributed by atoms with Crippen LogP contribution in [0, 0.1) is 0 Å². The Morgan fingerprint density at radius 3 is 2.21 bits per heavy atom. The molecule has 0 atom stereocenters. The standard InChI is InChI=1S/C16H6O3/c17-7-11-6-13-12-4-2-1-3-10(12)5-14(13)16(9-19)15(11)8-18/h1-6H. The van der Waals surface area contributed by atoms with E-state index in [1.807, 2.05) is 24.3 Å². The summed E-state index contributed by atoms with van der Waals surface area (Å²) in [4.78, 5) is 33.0. The molecule has 0 aliphatic heterocycles. The van der Waals surface area contributed by atoms with Gasteiger partial charge in [-0.1, -0.05) is 24.3 Å². The molecule has 3 heteroatoms. The van der Waals surface area contributed by atoms with Crippen molar-refractivity contribution in [3.05, 3.63) is 56.8 Å². The molecule has 19 heavy (non-hydrogen) atoms. The number of fused-ring (bicyclic) bond motifs is 3. The van der Waals surface area contributed by atoms with Gasteiger partial charge in [0.15, 0.2) is 0 Å². The Balaban J connectivity index is 2.74. The van der Waals surface area contributed by atoms with Crippen LogP contribution in [0.15, 0.2) is 30.3 Å². The van der Waals surface area contributed by atoms with Crippen LogP contribution < -0.4 is 20.9 Å². The van der Waals surface area contributed by atoms with Crippen molar-refractivity contribution in [2.45, 2.75) is 0 Å². The van der Waals surface area contributed by atoms with Gasteiger partial charge in [0, 0.05) is 5.22 Å². The molecule has 0 amide bonds. The summed E-state index contributed by atoms with van der Waals surface area (Å²) in [5.74, 6) is 5.04. The SMILES string of the molecule is O=C=c1cc2c(c(=C=O)c1=C=O)=Cc1ccccc1-2. The van der Waals surface area contributed by atoms with Crippen LogP contribution in [0.1, 0.15) is 5.56 Å². The van der Waals surface area contributed by atoms with E-state index in [0.29, 0.717) is 5.22 Å². The van der Waals surface area contributed by atoms with Gasteiger partial charge in [-0.2, -0.15) is 0 Å². The van der Waals surface area contributed by atoms with Crippen molar-refractivity contribution in [3.63, 3.8) is 0 Å². The van der Waals surface area contributed by atoms with E-state index < -0.39 is 0 Å². The third kappa shape index (κ3) is 1.45. The van der Waals surface area contributed by atoms with Gasteiger partial charge in [0.1, 0.15) is 17.8 Å². The van der Waals surface area contributed by atoms with Crippen molar-refractivity contribution < 1.29 is 14.4 Å². The van der Waals surface area contributed by atoms with Gasteiger partial charge in [0.25, 0.3) is 0 Å². The third-order valence-corrected chi connectivity index (χ3v) is 3.23. The van der Waals surface area contributed by atoms with Gasteiger partial charge in [-0.3, -0.25) is 0 Å². The van der Waals surface area contributed by atoms with E-state index in [1.54, 1.807) is 30.0 Å². The number of carbonyl (C=O) groups excluding carboxylic acids is 3. The maximum Gasteiger partial charge on any atom is 0.135 e. The van der Waals surface area contributed by atoms with Crippen LogP contribution >= 0.6 is 0 Å². The van der Waals surface area contributed by atoms with Crippen LogP contribution in [0.2, 0.25) is 0 Å². The number of hydrogen-bond donors (Lipinski definition) is 0. The van der Waals surface area contributed by atoms with Crippen molar-refractivity contribution in [1.29, 1.82) is 0 Å². The molecule has 0 spiro atoms. The summed E-state index contributed by atoms with van der Waals surface area (Å²) in [6, 6.07) is 9.11. The molecular weight excluding hydrogens is 240 g/mol. The van der Waals surface area contributed by atoms with E-state index in [9.17, 15) is 14.4 Å². The van der Waals surface area contributed by atoms with Gasteiger partial charge in [0.2, 0.25) is 0 Å². The highest BCUT2D eigenvalue weighted by molar-refractivity contribution is 5.84. The zero-order valence-electron chi connectivity index (χ0n) is 9.69. The number of rotatable bonds is 0. The Morgan fingerprint density at radius 2 is 1.53 bits per heavy atom. The third-order valence-electron chi connectivity index (χ3n) is 3.23.